The first-order valence-electron chi connectivity index (χ1n) is 7.78. The standard InChI is InChI=1S/C14H22N4O3/c19-13(20)14(6-8-21-9-7-14)10-18-12(15-16-17-18)11-4-2-1-3-5-11/h11H,1-10H2,(H,19,20). The number of hydrogen-bond acceptors (Lipinski definition) is 5. The molecule has 0 spiro atoms. The molecule has 0 radical (unpaired) electrons. The van der Waals surface area contributed by atoms with Crippen LogP contribution < -0.4 is 0 Å². The Kier molecular flexibility index (Phi) is 4.19. The lowest BCUT2D eigenvalue weighted by molar-refractivity contribution is -0.156. The zero-order chi connectivity index (χ0) is 14.7. The highest BCUT2D eigenvalue weighted by atomic mass is 16.5. The summed E-state index contributed by atoms with van der Waals surface area (Å²) in [7, 11) is 0. The van der Waals surface area contributed by atoms with Crippen LogP contribution in [0.2, 0.25) is 0 Å². The van der Waals surface area contributed by atoms with E-state index in [9.17, 15) is 9.90 Å². The average molecular weight is 294 g/mol. The van der Waals surface area contributed by atoms with Crippen molar-refractivity contribution in [3.63, 3.8) is 0 Å². The normalized spacial score (nSPS) is 23.0. The van der Waals surface area contributed by atoms with Gasteiger partial charge < -0.3 is 9.84 Å². The molecule has 1 saturated heterocycles. The van der Waals surface area contributed by atoms with E-state index in [1.807, 2.05) is 0 Å². The zero-order valence-electron chi connectivity index (χ0n) is 12.2. The second-order valence-corrected chi connectivity index (χ2v) is 6.23. The fraction of sp³-hybridized carbons (Fsp3) is 0.857. The Bertz CT molecular complexity index is 490. The molecule has 2 aliphatic rings. The van der Waals surface area contributed by atoms with Crippen molar-refractivity contribution >= 4 is 5.97 Å². The van der Waals surface area contributed by atoms with Crippen LogP contribution in [0.1, 0.15) is 56.7 Å². The molecule has 2 heterocycles. The van der Waals surface area contributed by atoms with Crippen molar-refractivity contribution in [3.8, 4) is 0 Å². The maximum Gasteiger partial charge on any atom is 0.311 e. The number of ether oxygens (including phenoxy) is 1. The highest BCUT2D eigenvalue weighted by Crippen LogP contribution is 2.35. The van der Waals surface area contributed by atoms with E-state index in [2.05, 4.69) is 15.5 Å². The first-order chi connectivity index (χ1) is 10.2. The van der Waals surface area contributed by atoms with Crippen LogP contribution in [0.15, 0.2) is 0 Å². The molecule has 1 aromatic heterocycles. The summed E-state index contributed by atoms with van der Waals surface area (Å²) >= 11 is 0. The van der Waals surface area contributed by atoms with E-state index in [1.54, 1.807) is 4.68 Å². The van der Waals surface area contributed by atoms with Gasteiger partial charge in [0.2, 0.25) is 0 Å². The first-order valence-corrected chi connectivity index (χ1v) is 7.78. The molecule has 2 fully saturated rings. The van der Waals surface area contributed by atoms with Crippen molar-refractivity contribution in [1.82, 2.24) is 20.2 Å². The summed E-state index contributed by atoms with van der Waals surface area (Å²) in [6.07, 6.45) is 6.92. The number of aromatic nitrogens is 4. The fourth-order valence-corrected chi connectivity index (χ4v) is 3.47. The predicted octanol–water partition coefficient (Wildman–Crippen LogP) is 1.60. The van der Waals surface area contributed by atoms with Gasteiger partial charge in [-0.25, -0.2) is 4.68 Å². The molecule has 1 aromatic rings. The molecule has 0 atom stereocenters. The Morgan fingerprint density at radius 2 is 2.00 bits per heavy atom. The molecular weight excluding hydrogens is 272 g/mol. The number of aliphatic carboxylic acids is 1. The molecule has 0 aromatic carbocycles. The molecule has 7 nitrogen and oxygen atoms in total. The van der Waals surface area contributed by atoms with E-state index >= 15 is 0 Å². The third-order valence-electron chi connectivity index (χ3n) is 4.89. The van der Waals surface area contributed by atoms with Crippen LogP contribution in [0.25, 0.3) is 0 Å². The maximum atomic E-state index is 11.8. The van der Waals surface area contributed by atoms with Gasteiger partial charge in [0.15, 0.2) is 5.82 Å². The average Bonchev–Trinajstić information content (AvgIpc) is 2.97. The van der Waals surface area contributed by atoms with Gasteiger partial charge in [-0.3, -0.25) is 4.79 Å². The van der Waals surface area contributed by atoms with Crippen molar-refractivity contribution in [1.29, 1.82) is 0 Å². The highest BCUT2D eigenvalue weighted by molar-refractivity contribution is 5.74. The molecule has 0 amide bonds. The smallest absolute Gasteiger partial charge is 0.311 e. The number of hydrogen-bond donors (Lipinski definition) is 1. The molecule has 0 unspecified atom stereocenters. The van der Waals surface area contributed by atoms with Crippen molar-refractivity contribution in [2.24, 2.45) is 5.41 Å². The summed E-state index contributed by atoms with van der Waals surface area (Å²) in [6.45, 7) is 1.34. The van der Waals surface area contributed by atoms with Crippen LogP contribution in [0, 0.1) is 5.41 Å². The molecule has 116 valence electrons. The summed E-state index contributed by atoms with van der Waals surface area (Å²) in [6, 6.07) is 0. The number of rotatable bonds is 4. The number of carbonyl (C=O) groups is 1. The van der Waals surface area contributed by atoms with Crippen LogP contribution >= 0.6 is 0 Å². The zero-order valence-corrected chi connectivity index (χ0v) is 12.2. The molecule has 21 heavy (non-hydrogen) atoms. The van der Waals surface area contributed by atoms with Gasteiger partial charge in [0, 0.05) is 19.1 Å². The van der Waals surface area contributed by atoms with Crippen molar-refractivity contribution in [2.45, 2.75) is 57.4 Å². The van der Waals surface area contributed by atoms with Crippen LogP contribution in [-0.2, 0) is 16.1 Å². The summed E-state index contributed by atoms with van der Waals surface area (Å²) in [5.74, 6) is 0.470. The number of nitrogens with zero attached hydrogens (tertiary/aromatic N) is 4. The van der Waals surface area contributed by atoms with Crippen LogP contribution in [0.5, 0.6) is 0 Å². The lowest BCUT2D eigenvalue weighted by Gasteiger charge is -2.33. The quantitative estimate of drug-likeness (QED) is 0.907. The molecular formula is C14H22N4O3. The summed E-state index contributed by atoms with van der Waals surface area (Å²) in [4.78, 5) is 11.8. The second kappa shape index (κ2) is 6.09. The van der Waals surface area contributed by atoms with E-state index in [0.29, 0.717) is 38.5 Å². The number of tetrazole rings is 1. The minimum Gasteiger partial charge on any atom is -0.481 e. The van der Waals surface area contributed by atoms with Crippen LogP contribution in [0.4, 0.5) is 0 Å². The molecule has 1 aliphatic heterocycles. The van der Waals surface area contributed by atoms with E-state index < -0.39 is 11.4 Å². The minimum absolute atomic E-state index is 0.352. The van der Waals surface area contributed by atoms with E-state index in [0.717, 1.165) is 18.7 Å². The topological polar surface area (TPSA) is 90.1 Å². The maximum absolute atomic E-state index is 11.8. The molecule has 1 aliphatic carbocycles. The molecule has 3 rings (SSSR count). The lowest BCUT2D eigenvalue weighted by atomic mass is 9.80. The van der Waals surface area contributed by atoms with Crippen LogP contribution in [0.3, 0.4) is 0 Å². The van der Waals surface area contributed by atoms with Gasteiger partial charge in [0.1, 0.15) is 0 Å². The molecule has 1 N–H and O–H groups in total. The highest BCUT2D eigenvalue weighted by Gasteiger charge is 2.42. The summed E-state index contributed by atoms with van der Waals surface area (Å²) < 4.78 is 7.05. The van der Waals surface area contributed by atoms with Gasteiger partial charge in [0.25, 0.3) is 0 Å². The van der Waals surface area contributed by atoms with E-state index in [4.69, 9.17) is 4.74 Å². The van der Waals surface area contributed by atoms with Crippen molar-refractivity contribution in [3.05, 3.63) is 5.82 Å². The third kappa shape index (κ3) is 2.92. The molecule has 1 saturated carbocycles. The monoisotopic (exact) mass is 294 g/mol. The van der Waals surface area contributed by atoms with Gasteiger partial charge in [0.05, 0.1) is 12.0 Å². The summed E-state index contributed by atoms with van der Waals surface area (Å²) in [5.41, 5.74) is -0.795. The van der Waals surface area contributed by atoms with Crippen molar-refractivity contribution in [2.75, 3.05) is 13.2 Å². The van der Waals surface area contributed by atoms with E-state index in [1.165, 1.54) is 19.3 Å². The van der Waals surface area contributed by atoms with Gasteiger partial charge in [-0.15, -0.1) is 5.10 Å². The largest absolute Gasteiger partial charge is 0.481 e. The van der Waals surface area contributed by atoms with Crippen molar-refractivity contribution < 1.29 is 14.6 Å². The minimum atomic E-state index is -0.795. The second-order valence-electron chi connectivity index (χ2n) is 6.23. The third-order valence-corrected chi connectivity index (χ3v) is 4.89. The lowest BCUT2D eigenvalue weighted by Crippen LogP contribution is -2.41. The van der Waals surface area contributed by atoms with Gasteiger partial charge in [-0.05, 0) is 36.1 Å². The Balaban J connectivity index is 1.80. The molecule has 7 heteroatoms. The SMILES string of the molecule is O=C(O)C1(Cn2nnnc2C2CCCCC2)CCOCC1. The van der Waals surface area contributed by atoms with Gasteiger partial charge in [-0.2, -0.15) is 0 Å². The predicted molar refractivity (Wildman–Crippen MR) is 73.8 cm³/mol. The first kappa shape index (κ1) is 14.4. The van der Waals surface area contributed by atoms with Crippen LogP contribution in [-0.4, -0.2) is 44.5 Å². The van der Waals surface area contributed by atoms with Gasteiger partial charge in [-0.1, -0.05) is 19.3 Å². The molecule has 0 bridgehead atoms. The Morgan fingerprint density at radius 1 is 1.29 bits per heavy atom. The fourth-order valence-electron chi connectivity index (χ4n) is 3.47. The Labute approximate surface area is 123 Å². The Hall–Kier alpha value is -1.50. The number of carboxylic acid groups (broad SMARTS) is 1. The number of carboxylic acids is 1. The van der Waals surface area contributed by atoms with E-state index in [-0.39, 0.29) is 0 Å². The van der Waals surface area contributed by atoms with Gasteiger partial charge >= 0.3 is 5.97 Å². The Morgan fingerprint density at radius 3 is 2.67 bits per heavy atom. The summed E-state index contributed by atoms with van der Waals surface area (Å²) in [5, 5.41) is 21.7.